The Kier molecular flexibility index (Phi) is 5.09. The van der Waals surface area contributed by atoms with Crippen LogP contribution in [0.15, 0.2) is 11.2 Å². The molecule has 8 heteroatoms. The lowest BCUT2D eigenvalue weighted by Crippen LogP contribution is -2.16. The Morgan fingerprint density at radius 1 is 1.35 bits per heavy atom. The van der Waals surface area contributed by atoms with Gasteiger partial charge in [0.15, 0.2) is 15.0 Å². The van der Waals surface area contributed by atoms with Gasteiger partial charge in [0.2, 0.25) is 0 Å². The van der Waals surface area contributed by atoms with Crippen LogP contribution in [0.1, 0.15) is 13.3 Å². The molecule has 1 fully saturated rings. The first kappa shape index (κ1) is 15.4. The Bertz CT molecular complexity index is 563. The normalized spacial score (nSPS) is 20.8. The second kappa shape index (κ2) is 6.62. The number of thioether (sulfide) groups is 1. The highest BCUT2D eigenvalue weighted by Crippen LogP contribution is 2.21. The highest BCUT2D eigenvalue weighted by atomic mass is 32.2. The van der Waals surface area contributed by atoms with Crippen LogP contribution in [0.4, 0.5) is 11.6 Å². The maximum Gasteiger partial charge on any atom is 0.191 e. The maximum atomic E-state index is 11.4. The maximum absolute atomic E-state index is 11.4. The number of sulfone groups is 1. The summed E-state index contributed by atoms with van der Waals surface area (Å²) in [4.78, 5) is 8.73. The quantitative estimate of drug-likeness (QED) is 0.607. The third kappa shape index (κ3) is 4.24. The van der Waals surface area contributed by atoms with Gasteiger partial charge in [-0.2, -0.15) is 0 Å². The van der Waals surface area contributed by atoms with Gasteiger partial charge in [-0.3, -0.25) is 0 Å². The summed E-state index contributed by atoms with van der Waals surface area (Å²) in [7, 11) is -2.82. The molecule has 0 saturated carbocycles. The summed E-state index contributed by atoms with van der Waals surface area (Å²) in [5, 5.41) is 7.09. The fourth-order valence-electron chi connectivity index (χ4n) is 2.16. The first-order valence-electron chi connectivity index (χ1n) is 6.63. The second-order valence-electron chi connectivity index (χ2n) is 4.81. The number of nitrogens with one attached hydrogen (secondary N) is 2. The lowest BCUT2D eigenvalue weighted by atomic mass is 10.1. The van der Waals surface area contributed by atoms with Crippen LogP contribution in [0.25, 0.3) is 0 Å². The van der Waals surface area contributed by atoms with Crippen molar-refractivity contribution in [2.75, 3.05) is 41.5 Å². The largest absolute Gasteiger partial charge is 0.370 e. The molecule has 112 valence electrons. The SMILES string of the molecule is CCNc1cc(NCC2CCS(=O)(=O)C2)nc(SC)n1. The zero-order valence-electron chi connectivity index (χ0n) is 11.7. The average Bonchev–Trinajstić information content (AvgIpc) is 2.76. The number of hydrogen-bond donors (Lipinski definition) is 2. The predicted octanol–water partition coefficient (Wildman–Crippen LogP) is 1.48. The van der Waals surface area contributed by atoms with Crippen LogP contribution in [0.3, 0.4) is 0 Å². The van der Waals surface area contributed by atoms with Crippen LogP contribution in [-0.4, -0.2) is 49.2 Å². The third-order valence-corrected chi connectivity index (χ3v) is 5.53. The van der Waals surface area contributed by atoms with Crippen molar-refractivity contribution in [1.82, 2.24) is 9.97 Å². The van der Waals surface area contributed by atoms with Crippen molar-refractivity contribution in [2.45, 2.75) is 18.5 Å². The Balaban J connectivity index is 2.00. The van der Waals surface area contributed by atoms with Gasteiger partial charge in [-0.15, -0.1) is 0 Å². The molecule has 20 heavy (non-hydrogen) atoms. The number of nitrogens with zero attached hydrogens (tertiary/aromatic N) is 2. The Labute approximate surface area is 124 Å². The highest BCUT2D eigenvalue weighted by molar-refractivity contribution is 7.98. The van der Waals surface area contributed by atoms with Crippen molar-refractivity contribution in [1.29, 1.82) is 0 Å². The van der Waals surface area contributed by atoms with Crippen LogP contribution in [0.2, 0.25) is 0 Å². The van der Waals surface area contributed by atoms with E-state index in [1.807, 2.05) is 19.2 Å². The zero-order chi connectivity index (χ0) is 14.6. The third-order valence-electron chi connectivity index (χ3n) is 3.14. The van der Waals surface area contributed by atoms with Crippen LogP contribution in [0, 0.1) is 5.92 Å². The minimum atomic E-state index is -2.82. The molecule has 1 aromatic heterocycles. The molecule has 0 spiro atoms. The zero-order valence-corrected chi connectivity index (χ0v) is 13.4. The summed E-state index contributed by atoms with van der Waals surface area (Å²) in [5.74, 6) is 2.29. The van der Waals surface area contributed by atoms with Crippen LogP contribution < -0.4 is 10.6 Å². The van der Waals surface area contributed by atoms with E-state index in [1.54, 1.807) is 0 Å². The standard InChI is InChI=1S/C12H20N4O2S2/c1-3-13-10-6-11(16-12(15-10)19-2)14-7-9-4-5-20(17,18)8-9/h6,9H,3-5,7-8H2,1-2H3,(H2,13,14,15,16). The Morgan fingerprint density at radius 3 is 2.60 bits per heavy atom. The van der Waals surface area contributed by atoms with E-state index in [4.69, 9.17) is 0 Å². The number of aromatic nitrogens is 2. The summed E-state index contributed by atoms with van der Waals surface area (Å²) in [6.45, 7) is 3.44. The molecule has 2 heterocycles. The van der Waals surface area contributed by atoms with E-state index in [1.165, 1.54) is 11.8 Å². The fourth-order valence-corrected chi connectivity index (χ4v) is 4.40. The molecule has 0 amide bonds. The number of anilines is 2. The first-order valence-corrected chi connectivity index (χ1v) is 9.68. The molecule has 1 aliphatic heterocycles. The Hall–Kier alpha value is -1.02. The summed E-state index contributed by atoms with van der Waals surface area (Å²) in [6, 6.07) is 1.85. The van der Waals surface area contributed by atoms with Gasteiger partial charge in [0.25, 0.3) is 0 Å². The van der Waals surface area contributed by atoms with E-state index < -0.39 is 9.84 Å². The van der Waals surface area contributed by atoms with E-state index in [9.17, 15) is 8.42 Å². The molecule has 6 nitrogen and oxygen atoms in total. The Morgan fingerprint density at radius 2 is 2.05 bits per heavy atom. The van der Waals surface area contributed by atoms with Crippen molar-refractivity contribution in [2.24, 2.45) is 5.92 Å². The molecule has 0 aromatic carbocycles. The molecule has 0 aliphatic carbocycles. The molecule has 1 atom stereocenters. The van der Waals surface area contributed by atoms with Gasteiger partial charge in [0.1, 0.15) is 11.6 Å². The monoisotopic (exact) mass is 316 g/mol. The van der Waals surface area contributed by atoms with Crippen molar-refractivity contribution in [3.05, 3.63) is 6.07 Å². The van der Waals surface area contributed by atoms with Crippen LogP contribution in [-0.2, 0) is 9.84 Å². The van der Waals surface area contributed by atoms with Gasteiger partial charge in [-0.25, -0.2) is 18.4 Å². The van der Waals surface area contributed by atoms with Crippen LogP contribution in [0.5, 0.6) is 0 Å². The molecule has 1 unspecified atom stereocenters. The van der Waals surface area contributed by atoms with Crippen LogP contribution >= 0.6 is 11.8 Å². The van der Waals surface area contributed by atoms with Gasteiger partial charge >= 0.3 is 0 Å². The van der Waals surface area contributed by atoms with E-state index in [0.717, 1.165) is 24.6 Å². The summed E-state index contributed by atoms with van der Waals surface area (Å²) < 4.78 is 22.9. The van der Waals surface area contributed by atoms with Gasteiger partial charge in [0.05, 0.1) is 11.5 Å². The molecule has 2 rings (SSSR count). The van der Waals surface area contributed by atoms with Crippen molar-refractivity contribution in [3.8, 4) is 0 Å². The molecule has 2 N–H and O–H groups in total. The average molecular weight is 316 g/mol. The molecule has 1 aliphatic rings. The minimum Gasteiger partial charge on any atom is -0.370 e. The van der Waals surface area contributed by atoms with Crippen molar-refractivity contribution in [3.63, 3.8) is 0 Å². The van der Waals surface area contributed by atoms with E-state index in [-0.39, 0.29) is 11.7 Å². The molecule has 0 radical (unpaired) electrons. The molecular formula is C12H20N4O2S2. The lowest BCUT2D eigenvalue weighted by molar-refractivity contribution is 0.595. The predicted molar refractivity (Wildman–Crippen MR) is 83.2 cm³/mol. The lowest BCUT2D eigenvalue weighted by Gasteiger charge is -2.12. The van der Waals surface area contributed by atoms with E-state index in [0.29, 0.717) is 17.5 Å². The number of hydrogen-bond acceptors (Lipinski definition) is 7. The summed E-state index contributed by atoms with van der Waals surface area (Å²) in [6.07, 6.45) is 2.66. The topological polar surface area (TPSA) is 84.0 Å². The summed E-state index contributed by atoms with van der Waals surface area (Å²) >= 11 is 1.48. The molecular weight excluding hydrogens is 296 g/mol. The first-order chi connectivity index (χ1) is 9.52. The molecule has 1 aromatic rings. The van der Waals surface area contributed by atoms with E-state index >= 15 is 0 Å². The number of rotatable bonds is 6. The van der Waals surface area contributed by atoms with Crippen molar-refractivity contribution >= 4 is 33.2 Å². The minimum absolute atomic E-state index is 0.176. The smallest absolute Gasteiger partial charge is 0.191 e. The highest BCUT2D eigenvalue weighted by Gasteiger charge is 2.27. The second-order valence-corrected chi connectivity index (χ2v) is 7.81. The van der Waals surface area contributed by atoms with Gasteiger partial charge in [-0.05, 0) is 25.5 Å². The fraction of sp³-hybridized carbons (Fsp3) is 0.667. The van der Waals surface area contributed by atoms with Crippen molar-refractivity contribution < 1.29 is 8.42 Å². The van der Waals surface area contributed by atoms with Gasteiger partial charge < -0.3 is 10.6 Å². The van der Waals surface area contributed by atoms with Gasteiger partial charge in [0, 0.05) is 19.2 Å². The summed E-state index contributed by atoms with van der Waals surface area (Å²) in [5.41, 5.74) is 0. The van der Waals surface area contributed by atoms with Gasteiger partial charge in [-0.1, -0.05) is 11.8 Å². The molecule has 0 bridgehead atoms. The van der Waals surface area contributed by atoms with E-state index in [2.05, 4.69) is 20.6 Å². The molecule has 1 saturated heterocycles.